The minimum absolute atomic E-state index is 0.0734. The van der Waals surface area contributed by atoms with E-state index in [2.05, 4.69) is 4.99 Å². The molecule has 112 valence electrons. The van der Waals surface area contributed by atoms with E-state index in [0.717, 1.165) is 6.42 Å². The average Bonchev–Trinajstić information content (AvgIpc) is 2.47. The lowest BCUT2D eigenvalue weighted by atomic mass is 9.74. The second-order valence-electron chi connectivity index (χ2n) is 5.44. The number of aliphatic hydroxyl groups excluding tert-OH is 1. The van der Waals surface area contributed by atoms with E-state index >= 15 is 0 Å². The van der Waals surface area contributed by atoms with Gasteiger partial charge in [0, 0.05) is 10.6 Å². The minimum Gasteiger partial charge on any atom is -0.468 e. The van der Waals surface area contributed by atoms with Crippen molar-refractivity contribution in [1.82, 2.24) is 0 Å². The number of ether oxygens (including phenoxy) is 1. The Bertz CT molecular complexity index is 604. The molecule has 1 aliphatic heterocycles. The summed E-state index contributed by atoms with van der Waals surface area (Å²) < 4.78 is 5.58. The molecule has 1 heterocycles. The molecule has 3 rings (SSSR count). The van der Waals surface area contributed by atoms with Gasteiger partial charge >= 0.3 is 0 Å². The van der Waals surface area contributed by atoms with Crippen LogP contribution in [0, 0.1) is 0 Å². The predicted molar refractivity (Wildman–Crippen MR) is 79.4 cm³/mol. The SMILES string of the molecule is N[C@@H](CO)C1=N[C@@]2(c3ccccc3Cl)CCC[C@@H](O1)C2=O. The van der Waals surface area contributed by atoms with Gasteiger partial charge in [0.2, 0.25) is 11.7 Å². The number of Topliss-reactive ketones (excluding diaryl/α,β-unsaturated/α-hetero) is 1. The summed E-state index contributed by atoms with van der Waals surface area (Å²) in [7, 11) is 0. The lowest BCUT2D eigenvalue weighted by molar-refractivity contribution is -0.137. The van der Waals surface area contributed by atoms with E-state index in [1.165, 1.54) is 0 Å². The maximum absolute atomic E-state index is 12.7. The first kappa shape index (κ1) is 14.5. The number of fused-ring (bicyclic) bond motifs is 2. The molecule has 1 saturated carbocycles. The van der Waals surface area contributed by atoms with Crippen LogP contribution < -0.4 is 5.73 Å². The number of carbonyl (C=O) groups excluding carboxylic acids is 1. The number of nitrogens with zero attached hydrogens (tertiary/aromatic N) is 1. The standard InChI is InChI=1S/C15H17ClN2O3/c16-10-5-2-1-4-9(10)15-7-3-6-12(13(15)20)21-14(18-15)11(17)8-19/h1-2,4-5,11-12,19H,3,6-8,17H2/t11-,12+,15+/m0/s1. The smallest absolute Gasteiger partial charge is 0.205 e. The van der Waals surface area contributed by atoms with Crippen LogP contribution in [0.15, 0.2) is 29.3 Å². The van der Waals surface area contributed by atoms with Crippen molar-refractivity contribution in [3.05, 3.63) is 34.9 Å². The Morgan fingerprint density at radius 2 is 2.29 bits per heavy atom. The molecule has 0 radical (unpaired) electrons. The highest BCUT2D eigenvalue weighted by molar-refractivity contribution is 6.32. The van der Waals surface area contributed by atoms with E-state index in [1.54, 1.807) is 6.07 Å². The van der Waals surface area contributed by atoms with Crippen molar-refractivity contribution in [2.45, 2.75) is 36.9 Å². The first-order valence-corrected chi connectivity index (χ1v) is 7.38. The first-order chi connectivity index (χ1) is 10.1. The van der Waals surface area contributed by atoms with Crippen LogP contribution in [0.25, 0.3) is 0 Å². The second-order valence-corrected chi connectivity index (χ2v) is 5.85. The molecule has 2 bridgehead atoms. The highest BCUT2D eigenvalue weighted by Crippen LogP contribution is 2.44. The van der Waals surface area contributed by atoms with Gasteiger partial charge in [-0.05, 0) is 25.3 Å². The van der Waals surface area contributed by atoms with Crippen LogP contribution in [0.1, 0.15) is 24.8 Å². The van der Waals surface area contributed by atoms with Gasteiger partial charge in [0.25, 0.3) is 0 Å². The third-order valence-corrected chi connectivity index (χ3v) is 4.43. The predicted octanol–water partition coefficient (Wildman–Crippen LogP) is 1.41. The summed E-state index contributed by atoms with van der Waals surface area (Å²) in [6.07, 6.45) is 1.49. The zero-order valence-corrected chi connectivity index (χ0v) is 12.2. The normalized spacial score (nSPS) is 29.6. The fraction of sp³-hybridized carbons (Fsp3) is 0.467. The Morgan fingerprint density at radius 1 is 1.52 bits per heavy atom. The number of carbonyl (C=O) groups is 1. The van der Waals surface area contributed by atoms with Crippen LogP contribution in [0.4, 0.5) is 0 Å². The molecule has 0 spiro atoms. The molecule has 0 aromatic heterocycles. The molecular formula is C15H17ClN2O3. The van der Waals surface area contributed by atoms with Gasteiger partial charge in [-0.25, -0.2) is 4.99 Å². The summed E-state index contributed by atoms with van der Waals surface area (Å²) >= 11 is 6.28. The summed E-state index contributed by atoms with van der Waals surface area (Å²) in [6, 6.07) is 6.50. The zero-order chi connectivity index (χ0) is 15.0. The Kier molecular flexibility index (Phi) is 3.73. The second kappa shape index (κ2) is 5.40. The third-order valence-electron chi connectivity index (χ3n) is 4.10. The number of rotatable bonds is 3. The molecular weight excluding hydrogens is 292 g/mol. The van der Waals surface area contributed by atoms with E-state index in [4.69, 9.17) is 22.1 Å². The van der Waals surface area contributed by atoms with Gasteiger partial charge in [0.05, 0.1) is 6.61 Å². The van der Waals surface area contributed by atoms with Gasteiger partial charge in [-0.15, -0.1) is 0 Å². The highest BCUT2D eigenvalue weighted by Gasteiger charge is 2.52. The van der Waals surface area contributed by atoms with Gasteiger partial charge in [-0.3, -0.25) is 4.79 Å². The lowest BCUT2D eigenvalue weighted by Gasteiger charge is -2.42. The molecule has 3 atom stereocenters. The topological polar surface area (TPSA) is 84.9 Å². The summed E-state index contributed by atoms with van der Waals surface area (Å²) in [5, 5.41) is 9.74. The third kappa shape index (κ3) is 2.25. The van der Waals surface area contributed by atoms with Gasteiger partial charge in [-0.1, -0.05) is 29.8 Å². The molecule has 2 aliphatic rings. The number of ketones is 1. The maximum Gasteiger partial charge on any atom is 0.205 e. The number of halogens is 1. The quantitative estimate of drug-likeness (QED) is 0.884. The molecule has 1 aliphatic carbocycles. The van der Waals surface area contributed by atoms with Gasteiger partial charge in [0.15, 0.2) is 11.6 Å². The summed E-state index contributed by atoms with van der Waals surface area (Å²) in [5.41, 5.74) is 5.48. The van der Waals surface area contributed by atoms with Crippen LogP contribution in [0.5, 0.6) is 0 Å². The van der Waals surface area contributed by atoms with E-state index in [9.17, 15) is 9.90 Å². The number of aliphatic hydroxyl groups is 1. The van der Waals surface area contributed by atoms with Crippen molar-refractivity contribution in [2.75, 3.05) is 6.61 Å². The molecule has 0 saturated heterocycles. The fourth-order valence-electron chi connectivity index (χ4n) is 3.02. The van der Waals surface area contributed by atoms with Crippen molar-refractivity contribution < 1.29 is 14.6 Å². The number of hydrogen-bond donors (Lipinski definition) is 2. The molecule has 1 aromatic carbocycles. The monoisotopic (exact) mass is 308 g/mol. The largest absolute Gasteiger partial charge is 0.468 e. The van der Waals surface area contributed by atoms with Crippen LogP contribution in [0.3, 0.4) is 0 Å². The van der Waals surface area contributed by atoms with Gasteiger partial charge in [-0.2, -0.15) is 0 Å². The van der Waals surface area contributed by atoms with E-state index < -0.39 is 17.7 Å². The Morgan fingerprint density at radius 3 is 3.00 bits per heavy atom. The molecule has 5 nitrogen and oxygen atoms in total. The summed E-state index contributed by atoms with van der Waals surface area (Å²) in [5.74, 6) is 0.164. The zero-order valence-electron chi connectivity index (χ0n) is 11.5. The number of nitrogens with two attached hydrogens (primary N) is 1. The Labute approximate surface area is 127 Å². The Hall–Kier alpha value is -1.43. The van der Waals surface area contributed by atoms with E-state index in [0.29, 0.717) is 23.4 Å². The molecule has 1 aromatic rings. The highest BCUT2D eigenvalue weighted by atomic mass is 35.5. The van der Waals surface area contributed by atoms with Crippen LogP contribution in [0.2, 0.25) is 5.02 Å². The van der Waals surface area contributed by atoms with Crippen molar-refractivity contribution in [3.63, 3.8) is 0 Å². The van der Waals surface area contributed by atoms with Crippen LogP contribution in [-0.4, -0.2) is 35.5 Å². The van der Waals surface area contributed by atoms with E-state index in [-0.39, 0.29) is 18.3 Å². The van der Waals surface area contributed by atoms with Crippen molar-refractivity contribution in [3.8, 4) is 0 Å². The van der Waals surface area contributed by atoms with Crippen molar-refractivity contribution in [1.29, 1.82) is 0 Å². The molecule has 0 unspecified atom stereocenters. The summed E-state index contributed by atoms with van der Waals surface area (Å²) in [4.78, 5) is 17.2. The lowest BCUT2D eigenvalue weighted by Crippen LogP contribution is -2.54. The molecule has 21 heavy (non-hydrogen) atoms. The molecule has 1 fully saturated rings. The average molecular weight is 309 g/mol. The molecule has 0 amide bonds. The fourth-order valence-corrected chi connectivity index (χ4v) is 3.31. The maximum atomic E-state index is 12.7. The molecule has 3 N–H and O–H groups in total. The van der Waals surface area contributed by atoms with Crippen LogP contribution >= 0.6 is 11.6 Å². The van der Waals surface area contributed by atoms with Gasteiger partial charge in [0.1, 0.15) is 6.04 Å². The van der Waals surface area contributed by atoms with Crippen LogP contribution in [-0.2, 0) is 15.1 Å². The minimum atomic E-state index is -1.03. The van der Waals surface area contributed by atoms with Crippen molar-refractivity contribution in [2.24, 2.45) is 10.7 Å². The first-order valence-electron chi connectivity index (χ1n) is 7.00. The Balaban J connectivity index is 2.16. The molecule has 6 heteroatoms. The number of aliphatic imine (C=N–C) groups is 1. The summed E-state index contributed by atoms with van der Waals surface area (Å²) in [6.45, 7) is -0.279. The number of benzene rings is 1. The van der Waals surface area contributed by atoms with Crippen molar-refractivity contribution >= 4 is 23.3 Å². The number of hydrogen-bond acceptors (Lipinski definition) is 5. The van der Waals surface area contributed by atoms with Gasteiger partial charge < -0.3 is 15.6 Å². The van der Waals surface area contributed by atoms with E-state index in [1.807, 2.05) is 18.2 Å².